The number of benzene rings is 8. The second-order valence-electron chi connectivity index (χ2n) is 14.0. The zero-order chi connectivity index (χ0) is 34.7. The van der Waals surface area contributed by atoms with Crippen LogP contribution in [0.15, 0.2) is 176 Å². The van der Waals surface area contributed by atoms with Gasteiger partial charge in [0.15, 0.2) is 8.07 Å². The number of nitrogens with zero attached hydrogens (tertiary/aromatic N) is 1. The van der Waals surface area contributed by atoms with E-state index >= 15 is 4.39 Å². The maximum Gasteiger partial charge on any atom is 0.179 e. The average molecular weight is 680 g/mol. The van der Waals surface area contributed by atoms with E-state index in [2.05, 4.69) is 172 Å². The highest BCUT2D eigenvalue weighted by Crippen LogP contribution is 2.51. The van der Waals surface area contributed by atoms with E-state index in [4.69, 9.17) is 0 Å². The average Bonchev–Trinajstić information content (AvgIpc) is 3.40. The van der Waals surface area contributed by atoms with Crippen LogP contribution < -0.4 is 25.6 Å². The number of hydrogen-bond acceptors (Lipinski definition) is 1. The molecule has 0 atom stereocenters. The smallest absolute Gasteiger partial charge is 0.179 e. The second-order valence-corrected chi connectivity index (χ2v) is 17.8. The van der Waals surface area contributed by atoms with Crippen LogP contribution in [0.2, 0.25) is 0 Å². The van der Waals surface area contributed by atoms with Crippen LogP contribution in [0, 0.1) is 11.6 Å². The fraction of sp³-hybridized carbons (Fsp3) is 0.0638. The number of rotatable bonds is 7. The summed E-state index contributed by atoms with van der Waals surface area (Å²) >= 11 is 0. The molecule has 0 saturated carbocycles. The monoisotopic (exact) mass is 679 g/mol. The highest BCUT2D eigenvalue weighted by Gasteiger charge is 2.41. The van der Waals surface area contributed by atoms with E-state index in [0.717, 1.165) is 22.8 Å². The van der Waals surface area contributed by atoms with Gasteiger partial charge in [-0.25, -0.2) is 8.78 Å². The van der Waals surface area contributed by atoms with Crippen molar-refractivity contribution in [3.05, 3.63) is 199 Å². The van der Waals surface area contributed by atoms with Gasteiger partial charge in [-0.2, -0.15) is 0 Å². The Hall–Kier alpha value is -5.84. The van der Waals surface area contributed by atoms with Gasteiger partial charge in [-0.05, 0) is 89.8 Å². The molecule has 246 valence electrons. The van der Waals surface area contributed by atoms with Crippen molar-refractivity contribution in [1.82, 2.24) is 0 Å². The highest BCUT2D eigenvalue weighted by atomic mass is 28.3. The topological polar surface area (TPSA) is 3.24 Å². The molecule has 0 radical (unpaired) electrons. The molecule has 0 saturated heterocycles. The molecule has 9 rings (SSSR count). The van der Waals surface area contributed by atoms with E-state index < -0.39 is 19.7 Å². The van der Waals surface area contributed by atoms with Gasteiger partial charge in [-0.3, -0.25) is 0 Å². The van der Waals surface area contributed by atoms with Gasteiger partial charge in [0.25, 0.3) is 0 Å². The molecule has 1 aliphatic carbocycles. The van der Waals surface area contributed by atoms with Crippen LogP contribution in [-0.2, 0) is 5.41 Å². The van der Waals surface area contributed by atoms with E-state index in [9.17, 15) is 4.39 Å². The predicted octanol–water partition coefficient (Wildman–Crippen LogP) is 9.76. The van der Waals surface area contributed by atoms with Crippen molar-refractivity contribution in [2.24, 2.45) is 0 Å². The fourth-order valence-electron chi connectivity index (χ4n) is 8.53. The summed E-state index contributed by atoms with van der Waals surface area (Å²) in [6.45, 7) is 4.53. The zero-order valence-electron chi connectivity index (χ0n) is 28.4. The van der Waals surface area contributed by atoms with Crippen LogP contribution in [0.1, 0.15) is 25.0 Å². The first kappa shape index (κ1) is 31.2. The molecule has 0 fully saturated rings. The molecule has 1 nitrogen and oxygen atoms in total. The van der Waals surface area contributed by atoms with Crippen LogP contribution in [0.25, 0.3) is 21.5 Å². The first-order valence-corrected chi connectivity index (χ1v) is 19.4. The van der Waals surface area contributed by atoms with Crippen molar-refractivity contribution >= 4 is 67.4 Å². The number of hydrogen-bond donors (Lipinski definition) is 0. The van der Waals surface area contributed by atoms with Gasteiger partial charge < -0.3 is 4.90 Å². The van der Waals surface area contributed by atoms with Crippen molar-refractivity contribution in [1.29, 1.82) is 0 Å². The van der Waals surface area contributed by atoms with Gasteiger partial charge in [0.1, 0.15) is 11.6 Å². The molecule has 8 aromatic carbocycles. The molecule has 0 heterocycles. The Bertz CT molecular complexity index is 2470. The molecule has 0 aromatic heterocycles. The van der Waals surface area contributed by atoms with Crippen molar-refractivity contribution in [2.45, 2.75) is 19.3 Å². The fourth-order valence-corrected chi connectivity index (χ4v) is 13.3. The standard InChI is InChI=1S/C47H35F2NSi/c1-47(2)41-20-12-13-32-21-22-33-29-36(31-42(47)46(33)45(32)41)50(44-28-23-34(48)30-43(44)49)35-24-26-40(27-25-35)51(37-14-6-3-7-15-37,38-16-8-4-9-17-38)39-18-10-5-11-19-39/h3-31H,1-2H3. The second kappa shape index (κ2) is 11.9. The molecule has 1 aliphatic rings. The van der Waals surface area contributed by atoms with Gasteiger partial charge in [0.05, 0.1) is 5.69 Å². The van der Waals surface area contributed by atoms with E-state index in [1.165, 1.54) is 54.1 Å². The summed E-state index contributed by atoms with van der Waals surface area (Å²) in [4.78, 5) is 1.94. The quantitative estimate of drug-likeness (QED) is 0.0921. The predicted molar refractivity (Wildman–Crippen MR) is 212 cm³/mol. The van der Waals surface area contributed by atoms with Crippen LogP contribution in [0.3, 0.4) is 0 Å². The molecule has 4 heteroatoms. The number of anilines is 3. The van der Waals surface area contributed by atoms with Crippen LogP contribution in [0.5, 0.6) is 0 Å². The Labute approximate surface area is 298 Å². The third-order valence-corrected chi connectivity index (χ3v) is 15.7. The van der Waals surface area contributed by atoms with Crippen LogP contribution in [-0.4, -0.2) is 8.07 Å². The summed E-state index contributed by atoms with van der Waals surface area (Å²) in [5, 5.41) is 9.91. The van der Waals surface area contributed by atoms with Crippen molar-refractivity contribution in [3.8, 4) is 0 Å². The minimum Gasteiger partial charge on any atom is -0.308 e. The van der Waals surface area contributed by atoms with E-state index in [0.29, 0.717) is 5.69 Å². The Morgan fingerprint density at radius 1 is 0.451 bits per heavy atom. The third-order valence-electron chi connectivity index (χ3n) is 10.9. The maximum absolute atomic E-state index is 15.9. The first-order chi connectivity index (χ1) is 24.9. The highest BCUT2D eigenvalue weighted by molar-refractivity contribution is 7.19. The van der Waals surface area contributed by atoms with Crippen molar-refractivity contribution < 1.29 is 8.78 Å². The van der Waals surface area contributed by atoms with Crippen molar-refractivity contribution in [2.75, 3.05) is 4.90 Å². The summed E-state index contributed by atoms with van der Waals surface area (Å²) in [5.41, 5.74) is 4.17. The minimum atomic E-state index is -2.76. The molecule has 51 heavy (non-hydrogen) atoms. The Morgan fingerprint density at radius 3 is 1.59 bits per heavy atom. The van der Waals surface area contributed by atoms with Crippen LogP contribution in [0.4, 0.5) is 25.8 Å². The largest absolute Gasteiger partial charge is 0.308 e. The molecule has 0 amide bonds. The first-order valence-electron chi connectivity index (χ1n) is 17.4. The summed E-state index contributed by atoms with van der Waals surface area (Å²) in [6, 6.07) is 60.1. The molecule has 0 spiro atoms. The summed E-state index contributed by atoms with van der Waals surface area (Å²) in [7, 11) is -2.76. The lowest BCUT2D eigenvalue weighted by Gasteiger charge is -2.35. The molecular weight excluding hydrogens is 645 g/mol. The van der Waals surface area contributed by atoms with Gasteiger partial charge in [0.2, 0.25) is 0 Å². The van der Waals surface area contributed by atoms with Gasteiger partial charge in [0, 0.05) is 22.9 Å². The molecular formula is C47H35F2NSi. The Morgan fingerprint density at radius 2 is 1.00 bits per heavy atom. The summed E-state index contributed by atoms with van der Waals surface area (Å²) in [6.07, 6.45) is 0. The lowest BCUT2D eigenvalue weighted by atomic mass is 9.81. The molecule has 0 N–H and O–H groups in total. The molecule has 8 aromatic rings. The summed E-state index contributed by atoms with van der Waals surface area (Å²) in [5.74, 6) is -1.22. The van der Waals surface area contributed by atoms with E-state index in [-0.39, 0.29) is 5.41 Å². The number of halogens is 2. The third kappa shape index (κ3) is 4.78. The normalized spacial score (nSPS) is 13.3. The molecule has 0 aliphatic heterocycles. The SMILES string of the molecule is CC1(C)c2cccc3ccc4cc(N(c5ccc([Si](c6ccccc6)(c6ccccc6)c6ccccc6)cc5)c5ccc(F)cc5F)cc1c4c23. The van der Waals surface area contributed by atoms with Gasteiger partial charge >= 0.3 is 0 Å². The molecule has 0 unspecified atom stereocenters. The van der Waals surface area contributed by atoms with Crippen LogP contribution >= 0.6 is 0 Å². The van der Waals surface area contributed by atoms with E-state index in [1.807, 2.05) is 4.90 Å². The lowest BCUT2D eigenvalue weighted by Crippen LogP contribution is -2.74. The Kier molecular flexibility index (Phi) is 7.27. The summed E-state index contributed by atoms with van der Waals surface area (Å²) < 4.78 is 30.3. The minimum absolute atomic E-state index is 0.249. The molecule has 0 bridgehead atoms. The van der Waals surface area contributed by atoms with E-state index in [1.54, 1.807) is 6.07 Å². The van der Waals surface area contributed by atoms with Gasteiger partial charge in [-0.15, -0.1) is 0 Å². The maximum atomic E-state index is 15.9. The Balaban J connectivity index is 1.27. The van der Waals surface area contributed by atoms with Crippen molar-refractivity contribution in [3.63, 3.8) is 0 Å². The van der Waals surface area contributed by atoms with Gasteiger partial charge in [-0.1, -0.05) is 147 Å². The lowest BCUT2D eigenvalue weighted by molar-refractivity contribution is 0.584. The zero-order valence-corrected chi connectivity index (χ0v) is 29.4.